The number of piperazine rings is 1. The molecule has 0 bridgehead atoms. The molecule has 1 aromatic heterocycles. The number of benzene rings is 1. The molecule has 1 saturated heterocycles. The smallest absolute Gasteiger partial charge is 0.142 e. The van der Waals surface area contributed by atoms with Crippen LogP contribution < -0.4 is 5.73 Å². The molecular weight excluding hydrogens is 358 g/mol. The first-order valence-electron chi connectivity index (χ1n) is 10.3. The van der Waals surface area contributed by atoms with Gasteiger partial charge in [-0.15, -0.1) is 0 Å². The van der Waals surface area contributed by atoms with Crippen molar-refractivity contribution >= 4 is 5.82 Å². The Morgan fingerprint density at radius 2 is 1.69 bits per heavy atom. The molecule has 1 fully saturated rings. The van der Waals surface area contributed by atoms with Crippen molar-refractivity contribution in [3.05, 3.63) is 46.1 Å². The van der Waals surface area contributed by atoms with E-state index in [4.69, 9.17) is 5.73 Å². The van der Waals surface area contributed by atoms with Gasteiger partial charge in [-0.25, -0.2) is 4.98 Å². The number of hydrogen-bond acceptors (Lipinski definition) is 5. The second-order valence-electron chi connectivity index (χ2n) is 9.35. The Hall–Kier alpha value is -2.42. The molecule has 0 unspecified atom stereocenters. The molecule has 3 rings (SSSR count). The van der Waals surface area contributed by atoms with Gasteiger partial charge in [0, 0.05) is 49.4 Å². The van der Waals surface area contributed by atoms with Crippen molar-refractivity contribution in [3.8, 4) is 17.2 Å². The number of aromatic nitrogens is 1. The standard InChI is InChI=1S/C24H33N5/c1-16-11-17(2)19(12-18(16)15-29-9-7-28(6)8-10-29)20-13-22(24(3,4)5)27-23(26)21(20)14-25/h11-13H,7-10,15H2,1-6H3,(H2,26,27). The lowest BCUT2D eigenvalue weighted by molar-refractivity contribution is 0.148. The van der Waals surface area contributed by atoms with Crippen molar-refractivity contribution in [1.82, 2.24) is 14.8 Å². The van der Waals surface area contributed by atoms with Gasteiger partial charge in [0.2, 0.25) is 0 Å². The number of anilines is 1. The molecule has 1 aliphatic rings. The van der Waals surface area contributed by atoms with E-state index in [2.05, 4.69) is 74.7 Å². The minimum Gasteiger partial charge on any atom is -0.383 e. The number of nitrogen functional groups attached to an aromatic ring is 1. The molecule has 0 amide bonds. The van der Waals surface area contributed by atoms with Crippen LogP contribution in [0.4, 0.5) is 5.82 Å². The number of aryl methyl sites for hydroxylation is 2. The Balaban J connectivity index is 2.07. The van der Waals surface area contributed by atoms with Crippen molar-refractivity contribution in [2.45, 2.75) is 46.6 Å². The summed E-state index contributed by atoms with van der Waals surface area (Å²) in [7, 11) is 2.18. The van der Waals surface area contributed by atoms with E-state index in [9.17, 15) is 5.26 Å². The summed E-state index contributed by atoms with van der Waals surface area (Å²) < 4.78 is 0. The Morgan fingerprint density at radius 3 is 2.28 bits per heavy atom. The Kier molecular flexibility index (Phi) is 5.97. The van der Waals surface area contributed by atoms with Crippen LogP contribution in [0, 0.1) is 25.2 Å². The minimum atomic E-state index is -0.141. The van der Waals surface area contributed by atoms with Gasteiger partial charge < -0.3 is 10.6 Å². The van der Waals surface area contributed by atoms with Crippen molar-refractivity contribution < 1.29 is 0 Å². The number of nitrogens with zero attached hydrogens (tertiary/aromatic N) is 4. The number of nitriles is 1. The average molecular weight is 392 g/mol. The molecule has 154 valence electrons. The first-order valence-corrected chi connectivity index (χ1v) is 10.3. The van der Waals surface area contributed by atoms with E-state index >= 15 is 0 Å². The molecule has 0 aliphatic carbocycles. The van der Waals surface area contributed by atoms with Crippen molar-refractivity contribution in [2.24, 2.45) is 0 Å². The molecule has 0 spiro atoms. The number of pyridine rings is 1. The zero-order chi connectivity index (χ0) is 21.3. The lowest BCUT2D eigenvalue weighted by atomic mass is 9.87. The largest absolute Gasteiger partial charge is 0.383 e. The van der Waals surface area contributed by atoms with Crippen LogP contribution in [0.3, 0.4) is 0 Å². The van der Waals surface area contributed by atoms with Gasteiger partial charge in [-0.3, -0.25) is 4.90 Å². The normalized spacial score (nSPS) is 16.0. The fourth-order valence-corrected chi connectivity index (χ4v) is 3.88. The highest BCUT2D eigenvalue weighted by atomic mass is 15.2. The zero-order valence-electron chi connectivity index (χ0n) is 18.6. The van der Waals surface area contributed by atoms with Crippen LogP contribution in [-0.2, 0) is 12.0 Å². The highest BCUT2D eigenvalue weighted by Gasteiger charge is 2.22. The maximum Gasteiger partial charge on any atom is 0.142 e. The van der Waals surface area contributed by atoms with E-state index in [1.54, 1.807) is 0 Å². The van der Waals surface area contributed by atoms with E-state index in [1.807, 2.05) is 6.07 Å². The molecule has 5 nitrogen and oxygen atoms in total. The van der Waals surface area contributed by atoms with Crippen molar-refractivity contribution in [3.63, 3.8) is 0 Å². The molecule has 2 N–H and O–H groups in total. The maximum atomic E-state index is 9.77. The highest BCUT2D eigenvalue weighted by molar-refractivity contribution is 5.78. The summed E-state index contributed by atoms with van der Waals surface area (Å²) >= 11 is 0. The second kappa shape index (κ2) is 8.14. The number of hydrogen-bond donors (Lipinski definition) is 1. The molecule has 0 atom stereocenters. The highest BCUT2D eigenvalue weighted by Crippen LogP contribution is 2.35. The Bertz CT molecular complexity index is 941. The van der Waals surface area contributed by atoms with Gasteiger partial charge in [-0.1, -0.05) is 26.8 Å². The average Bonchev–Trinajstić information content (AvgIpc) is 2.64. The third-order valence-corrected chi connectivity index (χ3v) is 5.89. The van der Waals surface area contributed by atoms with Crippen LogP contribution in [0.15, 0.2) is 18.2 Å². The van der Waals surface area contributed by atoms with Gasteiger partial charge in [-0.2, -0.15) is 5.26 Å². The van der Waals surface area contributed by atoms with Crippen molar-refractivity contribution in [2.75, 3.05) is 39.0 Å². The lowest BCUT2D eigenvalue weighted by Crippen LogP contribution is -2.43. The summed E-state index contributed by atoms with van der Waals surface area (Å²) in [6.07, 6.45) is 0. The fraction of sp³-hybridized carbons (Fsp3) is 0.500. The third kappa shape index (κ3) is 4.60. The molecule has 1 aromatic carbocycles. The van der Waals surface area contributed by atoms with Crippen LogP contribution >= 0.6 is 0 Å². The summed E-state index contributed by atoms with van der Waals surface area (Å²) in [5, 5.41) is 9.77. The molecule has 0 saturated carbocycles. The maximum absolute atomic E-state index is 9.77. The number of rotatable bonds is 3. The first-order chi connectivity index (χ1) is 13.6. The van der Waals surface area contributed by atoms with Crippen LogP contribution in [0.2, 0.25) is 0 Å². The van der Waals surface area contributed by atoms with Crippen molar-refractivity contribution in [1.29, 1.82) is 5.26 Å². The van der Waals surface area contributed by atoms with Gasteiger partial charge in [-0.05, 0) is 55.3 Å². The predicted molar refractivity (Wildman–Crippen MR) is 120 cm³/mol. The SMILES string of the molecule is Cc1cc(C)c(-c2cc(C(C)(C)C)nc(N)c2C#N)cc1CN1CCN(C)CC1. The molecule has 2 heterocycles. The molecule has 1 aliphatic heterocycles. The van der Waals surface area contributed by atoms with Gasteiger partial charge >= 0.3 is 0 Å². The van der Waals surface area contributed by atoms with Gasteiger partial charge in [0.25, 0.3) is 0 Å². The number of likely N-dealkylation sites (N-methyl/N-ethyl adjacent to an activating group) is 1. The first kappa shape index (κ1) is 21.3. The van der Waals surface area contributed by atoms with Gasteiger partial charge in [0.1, 0.15) is 17.5 Å². The summed E-state index contributed by atoms with van der Waals surface area (Å²) in [4.78, 5) is 9.39. The minimum absolute atomic E-state index is 0.141. The van der Waals surface area contributed by atoms with E-state index < -0.39 is 0 Å². The van der Waals surface area contributed by atoms with E-state index in [1.165, 1.54) is 11.1 Å². The molecular formula is C24H33N5. The Morgan fingerprint density at radius 1 is 1.03 bits per heavy atom. The van der Waals surface area contributed by atoms with E-state index in [0.29, 0.717) is 11.4 Å². The fourth-order valence-electron chi connectivity index (χ4n) is 3.88. The second-order valence-corrected chi connectivity index (χ2v) is 9.35. The molecule has 2 aromatic rings. The molecule has 5 heteroatoms. The summed E-state index contributed by atoms with van der Waals surface area (Å²) in [6, 6.07) is 8.82. The van der Waals surface area contributed by atoms with Gasteiger partial charge in [0.05, 0.1) is 0 Å². The van der Waals surface area contributed by atoms with Gasteiger partial charge in [0.15, 0.2) is 0 Å². The van der Waals surface area contributed by atoms with E-state index in [0.717, 1.165) is 55.1 Å². The summed E-state index contributed by atoms with van der Waals surface area (Å²) in [5.74, 6) is 0.315. The predicted octanol–water partition coefficient (Wildman–Crippen LogP) is 3.86. The molecule has 0 radical (unpaired) electrons. The number of nitrogens with two attached hydrogens (primary N) is 1. The van der Waals surface area contributed by atoms with Crippen LogP contribution in [-0.4, -0.2) is 48.0 Å². The van der Waals surface area contributed by atoms with Crippen LogP contribution in [0.25, 0.3) is 11.1 Å². The zero-order valence-corrected chi connectivity index (χ0v) is 18.6. The summed E-state index contributed by atoms with van der Waals surface area (Å²) in [5.41, 5.74) is 13.2. The van der Waals surface area contributed by atoms with Crippen LogP contribution in [0.1, 0.15) is 48.7 Å². The van der Waals surface area contributed by atoms with Crippen LogP contribution in [0.5, 0.6) is 0 Å². The monoisotopic (exact) mass is 391 g/mol. The van der Waals surface area contributed by atoms with E-state index in [-0.39, 0.29) is 5.41 Å². The Labute approximate surface area is 175 Å². The topological polar surface area (TPSA) is 69.2 Å². The summed E-state index contributed by atoms with van der Waals surface area (Å²) in [6.45, 7) is 15.9. The third-order valence-electron chi connectivity index (χ3n) is 5.89. The lowest BCUT2D eigenvalue weighted by Gasteiger charge is -2.33. The quantitative estimate of drug-likeness (QED) is 0.860. The molecule has 29 heavy (non-hydrogen) atoms.